The van der Waals surface area contributed by atoms with Gasteiger partial charge in [0, 0.05) is 0 Å². The minimum Gasteiger partial charge on any atom is -0.543 e. The first-order valence-corrected chi connectivity index (χ1v) is 1.07. The molecule has 2 N–H and O–H groups in total. The van der Waals surface area contributed by atoms with E-state index in [0.717, 1.165) is 0 Å². The molecule has 8 heavy (non-hydrogen) atoms. The molecule has 0 aromatic carbocycles. The molecule has 0 aliphatic rings. The number of hydrogen-bond donors (Lipinski definition) is 0. The fourth-order valence-electron chi connectivity index (χ4n) is 0. The van der Waals surface area contributed by atoms with Crippen LogP contribution in [0.15, 0.2) is 0 Å². The molecular weight excluding hydrogens is 163 g/mol. The zero-order chi connectivity index (χ0) is 5.15. The maximum atomic E-state index is 8.93. The van der Waals surface area contributed by atoms with Gasteiger partial charge in [-0.05, 0) is 0 Å². The number of carboxylic acids is 2. The van der Waals surface area contributed by atoms with Crippen LogP contribution in [0.25, 0.3) is 0 Å². The topological polar surface area (TPSA) is 112 Å². The molecule has 6 heteroatoms. The standard InChI is InChI=1S/C2H2O4.Co.H2O/c3-1(4)2(5)6;;/h(H,3,4)(H,5,6);;1H2/q;+2;/p-2. The first-order chi connectivity index (χ1) is 2.64. The Labute approximate surface area is 54.8 Å². The molecule has 5 nitrogen and oxygen atoms in total. The predicted octanol–water partition coefficient (Wildman–Crippen LogP) is -4.34. The molecule has 0 spiro atoms. The Balaban J connectivity index is -0.000000125. The Kier molecular flexibility index (Phi) is 12.5. The molecule has 0 atom stereocenters. The molecule has 1 radical (unpaired) electrons. The van der Waals surface area contributed by atoms with Crippen LogP contribution in [0, 0.1) is 0 Å². The van der Waals surface area contributed by atoms with Crippen LogP contribution in [-0.4, -0.2) is 17.4 Å². The van der Waals surface area contributed by atoms with Gasteiger partial charge in [0.1, 0.15) is 0 Å². The van der Waals surface area contributed by atoms with E-state index < -0.39 is 11.9 Å². The second-order valence-electron chi connectivity index (χ2n) is 0.575. The third-order valence-corrected chi connectivity index (χ3v) is 0.167. The van der Waals surface area contributed by atoms with E-state index in [1.165, 1.54) is 0 Å². The van der Waals surface area contributed by atoms with Crippen molar-refractivity contribution in [2.45, 2.75) is 0 Å². The first-order valence-electron chi connectivity index (χ1n) is 1.07. The van der Waals surface area contributed by atoms with Gasteiger partial charge in [-0.3, -0.25) is 0 Å². The summed E-state index contributed by atoms with van der Waals surface area (Å²) in [7, 11) is 0. The van der Waals surface area contributed by atoms with Crippen LogP contribution in [0.4, 0.5) is 0 Å². The van der Waals surface area contributed by atoms with Crippen molar-refractivity contribution in [3.05, 3.63) is 0 Å². The molecule has 0 bridgehead atoms. The van der Waals surface area contributed by atoms with Crippen LogP contribution in [-0.2, 0) is 26.4 Å². The second-order valence-corrected chi connectivity index (χ2v) is 0.575. The zero-order valence-corrected chi connectivity index (χ0v) is 4.51. The molecule has 0 rings (SSSR count). The molecule has 0 amide bonds. The van der Waals surface area contributed by atoms with Crippen molar-refractivity contribution in [2.24, 2.45) is 0 Å². The smallest absolute Gasteiger partial charge is 0.543 e. The van der Waals surface area contributed by atoms with Gasteiger partial charge in [0.15, 0.2) is 0 Å². The minimum absolute atomic E-state index is 0. The maximum Gasteiger partial charge on any atom is 2.00 e. The summed E-state index contributed by atoms with van der Waals surface area (Å²) in [5, 5.41) is 17.9. The van der Waals surface area contributed by atoms with Crippen molar-refractivity contribution in [2.75, 3.05) is 0 Å². The molecule has 0 aliphatic heterocycles. The average molecular weight is 165 g/mol. The van der Waals surface area contributed by atoms with E-state index in [0.29, 0.717) is 0 Å². The Hall–Kier alpha value is -0.594. The fraction of sp³-hybridized carbons (Fsp3) is 0. The average Bonchev–Trinajstić information content (AvgIpc) is 1.36. The third kappa shape index (κ3) is 9.05. The summed E-state index contributed by atoms with van der Waals surface area (Å²) in [5.41, 5.74) is 0. The van der Waals surface area contributed by atoms with E-state index in [-0.39, 0.29) is 22.3 Å². The Bertz CT molecular complexity index is 76.4. The van der Waals surface area contributed by atoms with Gasteiger partial charge in [-0.25, -0.2) is 0 Å². The Morgan fingerprint density at radius 2 is 1.12 bits per heavy atom. The zero-order valence-electron chi connectivity index (χ0n) is 3.47. The fourth-order valence-corrected chi connectivity index (χ4v) is 0. The monoisotopic (exact) mass is 165 g/mol. The van der Waals surface area contributed by atoms with Gasteiger partial charge in [0.2, 0.25) is 0 Å². The molecule has 0 fully saturated rings. The van der Waals surface area contributed by atoms with Crippen LogP contribution < -0.4 is 10.2 Å². The second kappa shape index (κ2) is 6.41. The summed E-state index contributed by atoms with van der Waals surface area (Å²) in [4.78, 5) is 17.9. The number of hydrogen-bond acceptors (Lipinski definition) is 4. The van der Waals surface area contributed by atoms with Crippen LogP contribution in [0.2, 0.25) is 0 Å². The van der Waals surface area contributed by atoms with Crippen molar-refractivity contribution < 1.29 is 42.1 Å². The van der Waals surface area contributed by atoms with Crippen molar-refractivity contribution in [3.8, 4) is 0 Å². The van der Waals surface area contributed by atoms with Crippen LogP contribution in [0.5, 0.6) is 0 Å². The van der Waals surface area contributed by atoms with E-state index in [1.54, 1.807) is 0 Å². The third-order valence-electron chi connectivity index (χ3n) is 0.167. The molecule has 0 aromatic heterocycles. The normalized spacial score (nSPS) is 5.50. The summed E-state index contributed by atoms with van der Waals surface area (Å²) in [6, 6.07) is 0. The Morgan fingerprint density at radius 1 is 1.00 bits per heavy atom. The predicted molar refractivity (Wildman–Crippen MR) is 13.6 cm³/mol. The Morgan fingerprint density at radius 3 is 1.12 bits per heavy atom. The van der Waals surface area contributed by atoms with Crippen LogP contribution >= 0.6 is 0 Å². The molecule has 0 saturated heterocycles. The number of aliphatic carboxylic acids is 2. The van der Waals surface area contributed by atoms with Gasteiger partial charge < -0.3 is 25.3 Å². The molecular formula is C2H2CoO5. The van der Waals surface area contributed by atoms with Crippen molar-refractivity contribution in [3.63, 3.8) is 0 Å². The summed E-state index contributed by atoms with van der Waals surface area (Å²) in [5.74, 6) is -4.37. The molecule has 0 aliphatic carbocycles. The van der Waals surface area contributed by atoms with Crippen molar-refractivity contribution in [1.29, 1.82) is 0 Å². The molecule has 0 saturated carbocycles. The molecule has 0 heterocycles. The van der Waals surface area contributed by atoms with Gasteiger partial charge in [-0.15, -0.1) is 0 Å². The summed E-state index contributed by atoms with van der Waals surface area (Å²) < 4.78 is 0. The number of carbonyl (C=O) groups is 2. The van der Waals surface area contributed by atoms with E-state index >= 15 is 0 Å². The van der Waals surface area contributed by atoms with Crippen molar-refractivity contribution >= 4 is 11.9 Å². The number of carbonyl (C=O) groups excluding carboxylic acids is 2. The van der Waals surface area contributed by atoms with Crippen LogP contribution in [0.1, 0.15) is 0 Å². The van der Waals surface area contributed by atoms with E-state index in [1.807, 2.05) is 0 Å². The van der Waals surface area contributed by atoms with Gasteiger partial charge in [0.25, 0.3) is 0 Å². The van der Waals surface area contributed by atoms with Gasteiger partial charge in [0.05, 0.1) is 11.9 Å². The SMILES string of the molecule is O.O=C([O-])C(=O)[O-].[Co+2]. The first kappa shape index (κ1) is 15.7. The molecule has 0 aromatic rings. The van der Waals surface area contributed by atoms with Gasteiger partial charge in [-0.1, -0.05) is 0 Å². The van der Waals surface area contributed by atoms with E-state index in [4.69, 9.17) is 19.8 Å². The summed E-state index contributed by atoms with van der Waals surface area (Å²) in [6.07, 6.45) is 0. The van der Waals surface area contributed by atoms with E-state index in [2.05, 4.69) is 0 Å². The number of rotatable bonds is 0. The minimum atomic E-state index is -2.19. The molecule has 0 unspecified atom stereocenters. The quantitative estimate of drug-likeness (QED) is 0.337. The maximum absolute atomic E-state index is 8.93. The number of carboxylic acid groups (broad SMARTS) is 2. The van der Waals surface area contributed by atoms with Gasteiger partial charge >= 0.3 is 16.8 Å². The summed E-state index contributed by atoms with van der Waals surface area (Å²) >= 11 is 0. The van der Waals surface area contributed by atoms with E-state index in [9.17, 15) is 0 Å². The summed E-state index contributed by atoms with van der Waals surface area (Å²) in [6.45, 7) is 0. The largest absolute Gasteiger partial charge is 2.00 e. The molecule has 49 valence electrons. The van der Waals surface area contributed by atoms with Gasteiger partial charge in [-0.2, -0.15) is 0 Å². The van der Waals surface area contributed by atoms with Crippen molar-refractivity contribution in [1.82, 2.24) is 0 Å². The van der Waals surface area contributed by atoms with Crippen LogP contribution in [0.3, 0.4) is 0 Å².